The second kappa shape index (κ2) is 32.9. The molecule has 2 heterocycles. The van der Waals surface area contributed by atoms with Crippen molar-refractivity contribution in [2.24, 2.45) is 40.9 Å². The summed E-state index contributed by atoms with van der Waals surface area (Å²) in [6, 6.07) is -13.6. The third-order valence-electron chi connectivity index (χ3n) is 17.1. The van der Waals surface area contributed by atoms with Crippen LogP contribution < -0.4 is 21.3 Å². The van der Waals surface area contributed by atoms with Crippen LogP contribution in [0, 0.1) is 40.9 Å². The Labute approximate surface area is 513 Å². The first-order valence-electron chi connectivity index (χ1n) is 31.1. The Bertz CT molecular complexity index is 2380. The number of fused-ring (bicyclic) bond motifs is 1. The summed E-state index contributed by atoms with van der Waals surface area (Å²) in [4.78, 5) is 175. The second-order valence-corrected chi connectivity index (χ2v) is 27.0. The topological polar surface area (TPSA) is 288 Å². The van der Waals surface area contributed by atoms with E-state index in [0.29, 0.717) is 6.42 Å². The van der Waals surface area contributed by atoms with Gasteiger partial charge >= 0.3 is 0 Å². The number of aliphatic hydroxyl groups is 1. The molecular weight excluding hydrogens is 1110 g/mol. The molecule has 86 heavy (non-hydrogen) atoms. The van der Waals surface area contributed by atoms with E-state index >= 15 is 9.59 Å². The van der Waals surface area contributed by atoms with Gasteiger partial charge in [-0.1, -0.05) is 117 Å². The number of likely N-dealkylation sites (N-methyl/N-ethyl adjacent to an activating group) is 6. The highest BCUT2D eigenvalue weighted by Crippen LogP contribution is 2.34. The lowest BCUT2D eigenvalue weighted by Gasteiger charge is -2.50. The Kier molecular flexibility index (Phi) is 29.1. The summed E-state index contributed by atoms with van der Waals surface area (Å²) in [7, 11) is 8.52. The van der Waals surface area contributed by atoms with Gasteiger partial charge in [-0.25, -0.2) is 5.06 Å². The molecule has 2 aliphatic heterocycles. The maximum Gasteiger partial charge on any atom is 0.270 e. The monoisotopic (exact) mass is 1220 g/mol. The first-order chi connectivity index (χ1) is 39.7. The minimum atomic E-state index is -1.44. The number of unbranched alkanes of at least 4 members (excludes halogenated alkanes) is 1. The average molecular weight is 1220 g/mol. The fraction of sp³-hybridized carbons (Fsp3) is 0.823. The first-order valence-corrected chi connectivity index (χ1v) is 31.1. The lowest BCUT2D eigenvalue weighted by Crippen LogP contribution is -2.72. The minimum Gasteiger partial charge on any atom is -0.396 e. The van der Waals surface area contributed by atoms with Gasteiger partial charge in [-0.3, -0.25) is 57.6 Å². The van der Waals surface area contributed by atoms with Gasteiger partial charge in [0.2, 0.25) is 59.1 Å². The Morgan fingerprint density at radius 3 is 1.44 bits per heavy atom. The van der Waals surface area contributed by atoms with Gasteiger partial charge in [-0.2, -0.15) is 0 Å². The number of carbonyl (C=O) groups excluding carboxylic acids is 11. The van der Waals surface area contributed by atoms with Crippen LogP contribution >= 0.6 is 0 Å². The summed E-state index contributed by atoms with van der Waals surface area (Å²) >= 11 is 0. The van der Waals surface area contributed by atoms with Crippen LogP contribution in [0.15, 0.2) is 0 Å². The van der Waals surface area contributed by atoms with Crippen LogP contribution in [0.1, 0.15) is 170 Å². The Hall–Kier alpha value is -5.91. The van der Waals surface area contributed by atoms with Crippen LogP contribution in [0.5, 0.6) is 0 Å². The van der Waals surface area contributed by atoms with Gasteiger partial charge in [0.15, 0.2) is 6.04 Å². The minimum absolute atomic E-state index is 0.0505. The molecule has 13 atom stereocenters. The molecule has 0 bridgehead atoms. The summed E-state index contributed by atoms with van der Waals surface area (Å²) in [6.07, 6.45) is 1.97. The normalized spacial score (nSPS) is 28.6. The van der Waals surface area contributed by atoms with Crippen molar-refractivity contribution in [3.05, 3.63) is 0 Å². The van der Waals surface area contributed by atoms with Gasteiger partial charge in [-0.15, -0.1) is 0 Å². The average Bonchev–Trinajstić information content (AvgIpc) is 1.17. The highest BCUT2D eigenvalue weighted by Gasteiger charge is 2.55. The van der Waals surface area contributed by atoms with Crippen LogP contribution in [0.3, 0.4) is 0 Å². The number of rotatable bonds is 15. The van der Waals surface area contributed by atoms with Gasteiger partial charge in [-0.05, 0) is 88.4 Å². The molecule has 24 heteroatoms. The molecule has 0 aliphatic carbocycles. The molecule has 0 saturated carbocycles. The van der Waals surface area contributed by atoms with Crippen LogP contribution in [0.2, 0.25) is 0 Å². The number of aliphatic hydroxyl groups excluding tert-OH is 1. The van der Waals surface area contributed by atoms with Crippen molar-refractivity contribution in [3.63, 3.8) is 0 Å². The van der Waals surface area contributed by atoms with Crippen molar-refractivity contribution in [3.8, 4) is 0 Å². The van der Waals surface area contributed by atoms with Crippen LogP contribution in [-0.4, -0.2) is 226 Å². The smallest absolute Gasteiger partial charge is 0.270 e. The molecule has 2 fully saturated rings. The summed E-state index contributed by atoms with van der Waals surface area (Å²) in [6.45, 7) is 30.5. The van der Waals surface area contributed by atoms with Gasteiger partial charge < -0.3 is 55.8 Å². The zero-order valence-electron chi connectivity index (χ0n) is 56.5. The number of nitrogens with one attached hydrogen (secondary N) is 4. The van der Waals surface area contributed by atoms with Crippen molar-refractivity contribution >= 4 is 65.0 Å². The maximum atomic E-state index is 15.1. The molecule has 2 aliphatic rings. The molecule has 492 valence electrons. The molecule has 2 saturated heterocycles. The van der Waals surface area contributed by atoms with Crippen molar-refractivity contribution in [2.45, 2.75) is 242 Å². The quantitative estimate of drug-likeness (QED) is 0.158. The maximum absolute atomic E-state index is 15.1. The molecule has 0 aromatic rings. The second-order valence-electron chi connectivity index (χ2n) is 27.0. The number of hydroxylamine groups is 2. The number of nitrogens with zero attached hydrogens (tertiary/aromatic N) is 7. The molecule has 0 radical (unpaired) electrons. The van der Waals surface area contributed by atoms with E-state index < -0.39 is 161 Å². The van der Waals surface area contributed by atoms with E-state index in [9.17, 15) is 48.3 Å². The van der Waals surface area contributed by atoms with E-state index in [1.807, 2.05) is 55.4 Å². The number of carbonyl (C=O) groups is 11. The summed E-state index contributed by atoms with van der Waals surface area (Å²) in [5.41, 5.74) is -1.34. The predicted molar refractivity (Wildman–Crippen MR) is 327 cm³/mol. The molecule has 11 amide bonds. The summed E-state index contributed by atoms with van der Waals surface area (Å²) < 4.78 is 0. The third-order valence-corrected chi connectivity index (χ3v) is 17.1. The van der Waals surface area contributed by atoms with E-state index in [0.717, 1.165) is 27.7 Å². The van der Waals surface area contributed by atoms with Gasteiger partial charge in [0, 0.05) is 47.7 Å². The molecule has 2 rings (SSSR count). The molecule has 5 N–H and O–H groups in total. The highest BCUT2D eigenvalue weighted by molar-refractivity contribution is 6.00. The van der Waals surface area contributed by atoms with E-state index in [4.69, 9.17) is 4.84 Å². The van der Waals surface area contributed by atoms with Crippen molar-refractivity contribution in [1.82, 2.24) is 55.7 Å². The zero-order valence-corrected chi connectivity index (χ0v) is 56.5. The summed E-state index contributed by atoms with van der Waals surface area (Å²) in [5.74, 6) is -9.36. The predicted octanol–water partition coefficient (Wildman–Crippen LogP) is 3.18. The molecule has 0 unspecified atom stereocenters. The van der Waals surface area contributed by atoms with Crippen LogP contribution in [0.4, 0.5) is 0 Å². The van der Waals surface area contributed by atoms with E-state index in [2.05, 4.69) is 21.3 Å². The first kappa shape index (κ1) is 76.2. The van der Waals surface area contributed by atoms with Gasteiger partial charge in [0.05, 0.1) is 6.61 Å². The largest absolute Gasteiger partial charge is 0.396 e. The molecule has 0 aromatic carbocycles. The number of hydrogen-bond donors (Lipinski definition) is 5. The van der Waals surface area contributed by atoms with Crippen LogP contribution in [-0.2, 0) is 57.6 Å². The fourth-order valence-corrected chi connectivity index (χ4v) is 11.4. The third kappa shape index (κ3) is 18.8. The Morgan fingerprint density at radius 2 is 0.977 bits per heavy atom. The molecule has 24 nitrogen and oxygen atoms in total. The SMILES string of the molecule is CCCC[C@@H](C)[C@H]1ON2C(=O)[C@H](C(C)C)N(C)C(=O)[C@H](CC(C)C)N(C)C(=O)[C@H](CC(C)C)N(C)C(=O)[C@@H](C)NC(=O)[C@H](C)NC(=O)[C@H](CC(C)C)N(C)C(=O)[C@H](C(C)C)NC(=O)[C@H](C(C)(C)CO)N(C)C(=O)[C@@H](C)N(C)C(=O)[C@H](CC)NC(=O)[C@H]12. The lowest BCUT2D eigenvalue weighted by molar-refractivity contribution is -0.322. The Morgan fingerprint density at radius 1 is 0.500 bits per heavy atom. The van der Waals surface area contributed by atoms with E-state index in [1.54, 1.807) is 48.5 Å². The van der Waals surface area contributed by atoms with Crippen LogP contribution in [0.25, 0.3) is 0 Å². The lowest BCUT2D eigenvalue weighted by atomic mass is 9.83. The van der Waals surface area contributed by atoms with Gasteiger partial charge in [0.1, 0.15) is 66.5 Å². The zero-order chi connectivity index (χ0) is 66.5. The number of hydrogen-bond acceptors (Lipinski definition) is 13. The summed E-state index contributed by atoms with van der Waals surface area (Å²) in [5, 5.41) is 22.7. The molecule has 0 spiro atoms. The molecular formula is C62H111N11O13. The Balaban J connectivity index is 2.98. The van der Waals surface area contributed by atoms with E-state index in [-0.39, 0.29) is 49.4 Å². The fourth-order valence-electron chi connectivity index (χ4n) is 11.4. The van der Waals surface area contributed by atoms with Crippen molar-refractivity contribution in [2.75, 3.05) is 48.9 Å². The standard InChI is InChI=1S/C62H111N11O13/c1-25-27-28-38(13)49-48-53(77)65-42(26-2)57(81)67(19)41(16)56(80)72(24)50(62(17,18)32-74)54(78)66-46(36(9)10)60(84)68(20)43(29-33(3)4)52(76)63-39(14)51(75)64-40(15)55(79)69(21)44(30-34(5)6)58(82)70(22)45(31-35(7)8)59(83)71(23)47(37(11)12)61(85)73(48)86-49/h33-50,74H,25-32H2,1-24H3,(H,63,76)(H,64,75)(H,65,77)(H,66,78)/t38-,39+,40-,41-,42+,43+,44+,45+,46+,47+,48+,49-,50-/m1/s1. The van der Waals surface area contributed by atoms with Crippen molar-refractivity contribution < 1.29 is 62.7 Å². The highest BCUT2D eigenvalue weighted by atomic mass is 16.7. The van der Waals surface area contributed by atoms with Crippen molar-refractivity contribution in [1.29, 1.82) is 0 Å². The van der Waals surface area contributed by atoms with Gasteiger partial charge in [0.25, 0.3) is 5.91 Å². The molecule has 0 aromatic heterocycles. The van der Waals surface area contributed by atoms with E-state index in [1.165, 1.54) is 82.7 Å². The number of amides is 11.